The van der Waals surface area contributed by atoms with Crippen LogP contribution in [0.2, 0.25) is 5.02 Å². The Morgan fingerprint density at radius 3 is 2.52 bits per heavy atom. The lowest BCUT2D eigenvalue weighted by molar-refractivity contribution is -0.138. The van der Waals surface area contributed by atoms with Crippen molar-refractivity contribution >= 4 is 54.8 Å². The van der Waals surface area contributed by atoms with Gasteiger partial charge in [-0.25, -0.2) is 8.42 Å². The lowest BCUT2D eigenvalue weighted by Gasteiger charge is -2.16. The van der Waals surface area contributed by atoms with Crippen molar-refractivity contribution in [1.29, 1.82) is 0 Å². The van der Waals surface area contributed by atoms with Gasteiger partial charge in [0.2, 0.25) is 5.91 Å². The minimum absolute atomic E-state index is 0.120. The monoisotopic (exact) mass is 428 g/mol. The molecule has 1 heterocycles. The number of hydrogen-bond donors (Lipinski definition) is 1. The third-order valence-corrected chi connectivity index (χ3v) is 6.87. The molecular weight excluding hydrogens is 421 g/mol. The van der Waals surface area contributed by atoms with E-state index in [1.165, 1.54) is 6.07 Å². The maximum Gasteiger partial charge on any atom is 0.405 e. The molecule has 1 rings (SSSR count). The number of thiophene rings is 1. The smallest absolute Gasteiger partial charge is 0.346 e. The highest BCUT2D eigenvalue weighted by molar-refractivity contribution is 9.11. The van der Waals surface area contributed by atoms with E-state index in [4.69, 9.17) is 11.6 Å². The molecule has 0 aromatic carbocycles. The Kier molecular flexibility index (Phi) is 6.07. The molecule has 0 unspecified atom stereocenters. The Labute approximate surface area is 136 Å². The van der Waals surface area contributed by atoms with Crippen molar-refractivity contribution in [1.82, 2.24) is 9.62 Å². The third-order valence-electron chi connectivity index (χ3n) is 2.14. The number of amides is 1. The average molecular weight is 430 g/mol. The van der Waals surface area contributed by atoms with Crippen LogP contribution in [0.5, 0.6) is 0 Å². The molecule has 21 heavy (non-hydrogen) atoms. The number of hydrogen-bond acceptors (Lipinski definition) is 4. The molecule has 0 aliphatic heterocycles. The standard InChI is InChI=1S/C9H9BrClF3N2O3S2/c1-16(3-6(17)15-4-9(12,13)14)21(18,19)7-2-5(11)8(10)20-7/h2H,3-4H2,1H3,(H,15,17). The van der Waals surface area contributed by atoms with E-state index in [1.54, 1.807) is 5.32 Å². The normalized spacial score (nSPS) is 12.7. The van der Waals surface area contributed by atoms with Crippen LogP contribution < -0.4 is 5.32 Å². The van der Waals surface area contributed by atoms with Crippen molar-refractivity contribution in [2.75, 3.05) is 20.1 Å². The maximum absolute atomic E-state index is 12.1. The fourth-order valence-corrected chi connectivity index (χ4v) is 4.89. The summed E-state index contributed by atoms with van der Waals surface area (Å²) in [4.78, 5) is 11.3. The molecule has 0 saturated carbocycles. The van der Waals surface area contributed by atoms with E-state index in [0.29, 0.717) is 8.09 Å². The van der Waals surface area contributed by atoms with Crippen LogP contribution in [0.25, 0.3) is 0 Å². The van der Waals surface area contributed by atoms with Crippen LogP contribution in [0.1, 0.15) is 0 Å². The largest absolute Gasteiger partial charge is 0.405 e. The predicted molar refractivity (Wildman–Crippen MR) is 75.9 cm³/mol. The number of nitrogens with one attached hydrogen (secondary N) is 1. The Bertz CT molecular complexity index is 613. The zero-order chi connectivity index (χ0) is 16.4. The first-order chi connectivity index (χ1) is 9.43. The van der Waals surface area contributed by atoms with Gasteiger partial charge in [-0.2, -0.15) is 17.5 Å². The summed E-state index contributed by atoms with van der Waals surface area (Å²) < 4.78 is 60.9. The van der Waals surface area contributed by atoms with E-state index in [9.17, 15) is 26.4 Å². The molecule has 5 nitrogen and oxygen atoms in total. The van der Waals surface area contributed by atoms with E-state index in [-0.39, 0.29) is 9.23 Å². The molecule has 0 aliphatic rings. The van der Waals surface area contributed by atoms with Gasteiger partial charge in [0, 0.05) is 7.05 Å². The summed E-state index contributed by atoms with van der Waals surface area (Å²) in [7, 11) is -2.91. The number of halogens is 5. The van der Waals surface area contributed by atoms with Crippen molar-refractivity contribution in [3.63, 3.8) is 0 Å². The number of alkyl halides is 3. The van der Waals surface area contributed by atoms with Gasteiger partial charge in [0.15, 0.2) is 0 Å². The topological polar surface area (TPSA) is 66.5 Å². The first-order valence-corrected chi connectivity index (χ1v) is 8.61. The lowest BCUT2D eigenvalue weighted by atomic mass is 10.5. The van der Waals surface area contributed by atoms with Crippen LogP contribution in [0, 0.1) is 0 Å². The predicted octanol–water partition coefficient (Wildman–Crippen LogP) is 2.46. The number of rotatable bonds is 5. The lowest BCUT2D eigenvalue weighted by Crippen LogP contribution is -2.41. The van der Waals surface area contributed by atoms with Gasteiger partial charge in [-0.15, -0.1) is 11.3 Å². The third kappa shape index (κ3) is 5.40. The number of likely N-dealkylation sites (N-methyl/N-ethyl adjacent to an activating group) is 1. The first kappa shape index (κ1) is 18.7. The molecule has 0 saturated heterocycles. The Morgan fingerprint density at radius 1 is 1.52 bits per heavy atom. The van der Waals surface area contributed by atoms with Crippen molar-refractivity contribution in [3.8, 4) is 0 Å². The van der Waals surface area contributed by atoms with E-state index in [1.807, 2.05) is 0 Å². The quantitative estimate of drug-likeness (QED) is 0.782. The highest BCUT2D eigenvalue weighted by Crippen LogP contribution is 2.35. The highest BCUT2D eigenvalue weighted by atomic mass is 79.9. The molecule has 0 spiro atoms. The molecule has 120 valence electrons. The van der Waals surface area contributed by atoms with Crippen molar-refractivity contribution in [2.45, 2.75) is 10.4 Å². The molecule has 1 N–H and O–H groups in total. The van der Waals surface area contributed by atoms with Crippen molar-refractivity contribution < 1.29 is 26.4 Å². The minimum atomic E-state index is -4.56. The molecule has 0 bridgehead atoms. The van der Waals surface area contributed by atoms with Crippen molar-refractivity contribution in [3.05, 3.63) is 14.9 Å². The number of carbonyl (C=O) groups excluding carboxylic acids is 1. The Morgan fingerprint density at radius 2 is 2.10 bits per heavy atom. The second-order valence-corrected chi connectivity index (χ2v) is 8.89. The Balaban J connectivity index is 2.74. The summed E-state index contributed by atoms with van der Waals surface area (Å²) in [5.74, 6) is -1.06. The summed E-state index contributed by atoms with van der Waals surface area (Å²) in [6, 6.07) is 1.19. The van der Waals surface area contributed by atoms with Gasteiger partial charge in [-0.05, 0) is 22.0 Å². The molecule has 1 aromatic heterocycles. The Hall–Kier alpha value is -0.360. The van der Waals surface area contributed by atoms with Crippen LogP contribution >= 0.6 is 38.9 Å². The molecule has 1 amide bonds. The molecule has 0 fully saturated rings. The average Bonchev–Trinajstić information content (AvgIpc) is 2.67. The maximum atomic E-state index is 12.1. The van der Waals surface area contributed by atoms with E-state index in [2.05, 4.69) is 15.9 Å². The summed E-state index contributed by atoms with van der Waals surface area (Å²) >= 11 is 9.61. The van der Waals surface area contributed by atoms with Crippen LogP contribution in [0.3, 0.4) is 0 Å². The van der Waals surface area contributed by atoms with E-state index >= 15 is 0 Å². The highest BCUT2D eigenvalue weighted by Gasteiger charge is 2.30. The second kappa shape index (κ2) is 6.82. The van der Waals surface area contributed by atoms with Crippen LogP contribution in [-0.2, 0) is 14.8 Å². The summed E-state index contributed by atoms with van der Waals surface area (Å²) in [6.45, 7) is -2.25. The van der Waals surface area contributed by atoms with E-state index in [0.717, 1.165) is 18.4 Å². The van der Waals surface area contributed by atoms with Crippen LogP contribution in [0.15, 0.2) is 14.1 Å². The van der Waals surface area contributed by atoms with Gasteiger partial charge in [0.25, 0.3) is 10.0 Å². The molecule has 0 aliphatic carbocycles. The van der Waals surface area contributed by atoms with Crippen LogP contribution in [-0.4, -0.2) is 44.9 Å². The van der Waals surface area contributed by atoms with Gasteiger partial charge >= 0.3 is 6.18 Å². The summed E-state index contributed by atoms with van der Waals surface area (Å²) in [5, 5.41) is 1.78. The summed E-state index contributed by atoms with van der Waals surface area (Å²) in [5.41, 5.74) is 0. The zero-order valence-electron chi connectivity index (χ0n) is 10.4. The second-order valence-electron chi connectivity index (χ2n) is 3.84. The first-order valence-electron chi connectivity index (χ1n) is 5.18. The SMILES string of the molecule is CN(CC(=O)NCC(F)(F)F)S(=O)(=O)c1cc(Cl)c(Br)s1. The molecular formula is C9H9BrClF3N2O3S2. The molecule has 1 aromatic rings. The fourth-order valence-electron chi connectivity index (χ4n) is 1.15. The van der Waals surface area contributed by atoms with Gasteiger partial charge < -0.3 is 5.32 Å². The number of carbonyl (C=O) groups is 1. The van der Waals surface area contributed by atoms with Gasteiger partial charge in [-0.3, -0.25) is 4.79 Å². The zero-order valence-corrected chi connectivity index (χ0v) is 14.3. The molecule has 0 atom stereocenters. The number of sulfonamides is 1. The number of nitrogens with zero attached hydrogens (tertiary/aromatic N) is 1. The minimum Gasteiger partial charge on any atom is -0.346 e. The molecule has 0 radical (unpaired) electrons. The summed E-state index contributed by atoms with van der Waals surface area (Å²) in [6.07, 6.45) is -4.56. The van der Waals surface area contributed by atoms with E-state index < -0.39 is 35.2 Å². The van der Waals surface area contributed by atoms with Gasteiger partial charge in [0.05, 0.1) is 15.4 Å². The van der Waals surface area contributed by atoms with Gasteiger partial charge in [0.1, 0.15) is 10.8 Å². The van der Waals surface area contributed by atoms with Gasteiger partial charge in [-0.1, -0.05) is 11.6 Å². The van der Waals surface area contributed by atoms with Crippen LogP contribution in [0.4, 0.5) is 13.2 Å². The molecule has 12 heteroatoms. The fraction of sp³-hybridized carbons (Fsp3) is 0.444. The van der Waals surface area contributed by atoms with Crippen molar-refractivity contribution in [2.24, 2.45) is 0 Å².